The Bertz CT molecular complexity index is 1380. The van der Waals surface area contributed by atoms with Crippen molar-refractivity contribution in [2.75, 3.05) is 18.4 Å². The number of aromatic amines is 1. The number of rotatable bonds is 6. The van der Waals surface area contributed by atoms with Crippen LogP contribution in [0, 0.1) is 0 Å². The molecule has 4 heterocycles. The molecule has 10 heteroatoms. The molecule has 1 fully saturated rings. The number of hydrogen-bond donors (Lipinski definition) is 3. The van der Waals surface area contributed by atoms with Gasteiger partial charge in [0.1, 0.15) is 5.54 Å². The number of fused-ring (bicyclic) bond motifs is 1. The van der Waals surface area contributed by atoms with E-state index in [0.717, 1.165) is 32.6 Å². The predicted octanol–water partition coefficient (Wildman–Crippen LogP) is 4.75. The average molecular weight is 481 g/mol. The van der Waals surface area contributed by atoms with Crippen molar-refractivity contribution in [2.45, 2.75) is 19.4 Å². The number of carbonyl (C=O) groups is 2. The highest BCUT2D eigenvalue weighted by molar-refractivity contribution is 7.19. The summed E-state index contributed by atoms with van der Waals surface area (Å²) < 4.78 is 0.677. The summed E-state index contributed by atoms with van der Waals surface area (Å²) in [7, 11) is 0. The van der Waals surface area contributed by atoms with Crippen molar-refractivity contribution < 1.29 is 9.59 Å². The number of hydrogen-bond acceptors (Lipinski definition) is 6. The third kappa shape index (κ3) is 3.83. The maximum atomic E-state index is 12.1. The minimum absolute atomic E-state index is 0.302. The van der Waals surface area contributed by atoms with E-state index in [4.69, 9.17) is 16.6 Å². The van der Waals surface area contributed by atoms with Gasteiger partial charge in [-0.15, -0.1) is 11.3 Å². The largest absolute Gasteiger partial charge is 0.361 e. The van der Waals surface area contributed by atoms with Crippen LogP contribution in [0.1, 0.15) is 13.8 Å². The van der Waals surface area contributed by atoms with Crippen LogP contribution in [0.2, 0.25) is 4.34 Å². The van der Waals surface area contributed by atoms with E-state index in [-0.39, 0.29) is 5.91 Å². The van der Waals surface area contributed by atoms with Gasteiger partial charge in [-0.25, -0.2) is 14.8 Å². The van der Waals surface area contributed by atoms with E-state index in [1.165, 1.54) is 16.2 Å². The van der Waals surface area contributed by atoms with Gasteiger partial charge in [0.05, 0.1) is 14.9 Å². The van der Waals surface area contributed by atoms with Gasteiger partial charge in [-0.05, 0) is 43.7 Å². The highest BCUT2D eigenvalue weighted by Gasteiger charge is 2.45. The second-order valence-corrected chi connectivity index (χ2v) is 9.92. The van der Waals surface area contributed by atoms with Gasteiger partial charge in [0, 0.05) is 41.9 Å². The first-order valence-electron chi connectivity index (χ1n) is 10.4. The summed E-state index contributed by atoms with van der Waals surface area (Å²) in [6, 6.07) is 11.5. The van der Waals surface area contributed by atoms with Crippen LogP contribution in [-0.2, 0) is 4.79 Å². The zero-order valence-electron chi connectivity index (χ0n) is 18.0. The van der Waals surface area contributed by atoms with Gasteiger partial charge in [-0.3, -0.25) is 10.1 Å². The lowest BCUT2D eigenvalue weighted by Gasteiger charge is -2.27. The molecule has 5 rings (SSSR count). The summed E-state index contributed by atoms with van der Waals surface area (Å²) >= 11 is 7.67. The lowest BCUT2D eigenvalue weighted by atomic mass is 10.0. The summed E-state index contributed by atoms with van der Waals surface area (Å²) in [5.74, 6) is 0.132. The Morgan fingerprint density at radius 2 is 2.00 bits per heavy atom. The highest BCUT2D eigenvalue weighted by Crippen LogP contribution is 2.38. The first kappa shape index (κ1) is 21.4. The fourth-order valence-electron chi connectivity index (χ4n) is 3.97. The number of benzene rings is 1. The van der Waals surface area contributed by atoms with E-state index in [2.05, 4.69) is 20.6 Å². The van der Waals surface area contributed by atoms with Gasteiger partial charge < -0.3 is 15.2 Å². The van der Waals surface area contributed by atoms with E-state index < -0.39 is 11.6 Å². The molecule has 0 bridgehead atoms. The van der Waals surface area contributed by atoms with E-state index >= 15 is 0 Å². The number of nitrogens with one attached hydrogen (secondary N) is 3. The molecular weight excluding hydrogens is 460 g/mol. The molecule has 3 amide bonds. The summed E-state index contributed by atoms with van der Waals surface area (Å²) in [6.45, 7) is 4.16. The molecule has 0 unspecified atom stereocenters. The SMILES string of the molecule is CC1(C)C(=O)NC(=O)N1CCNc1ncc(-c2cccc3[nH]ccc23)c(-c2ccc(Cl)s2)n1. The van der Waals surface area contributed by atoms with Crippen molar-refractivity contribution in [1.29, 1.82) is 0 Å². The summed E-state index contributed by atoms with van der Waals surface area (Å²) in [6.07, 6.45) is 3.71. The zero-order chi connectivity index (χ0) is 23.2. The molecule has 3 N–H and O–H groups in total. The van der Waals surface area contributed by atoms with Crippen molar-refractivity contribution >= 4 is 51.7 Å². The van der Waals surface area contributed by atoms with Crippen LogP contribution in [0.4, 0.5) is 10.7 Å². The van der Waals surface area contributed by atoms with Crippen molar-refractivity contribution in [3.8, 4) is 21.7 Å². The van der Waals surface area contributed by atoms with E-state index in [1.54, 1.807) is 20.0 Å². The number of carbonyl (C=O) groups excluding carboxylic acids is 2. The van der Waals surface area contributed by atoms with E-state index in [0.29, 0.717) is 23.4 Å². The van der Waals surface area contributed by atoms with Crippen LogP contribution < -0.4 is 10.6 Å². The summed E-state index contributed by atoms with van der Waals surface area (Å²) in [5, 5.41) is 6.62. The molecule has 0 radical (unpaired) electrons. The fraction of sp³-hybridized carbons (Fsp3) is 0.217. The first-order valence-corrected chi connectivity index (χ1v) is 11.6. The Labute approximate surface area is 199 Å². The molecule has 168 valence electrons. The van der Waals surface area contributed by atoms with Gasteiger partial charge in [0.15, 0.2) is 0 Å². The highest BCUT2D eigenvalue weighted by atomic mass is 35.5. The zero-order valence-corrected chi connectivity index (χ0v) is 19.5. The Hall–Kier alpha value is -3.43. The molecule has 0 spiro atoms. The van der Waals surface area contributed by atoms with E-state index in [9.17, 15) is 9.59 Å². The molecule has 1 aromatic carbocycles. The lowest BCUT2D eigenvalue weighted by molar-refractivity contribution is -0.125. The van der Waals surface area contributed by atoms with Crippen LogP contribution in [0.5, 0.6) is 0 Å². The molecule has 1 saturated heterocycles. The summed E-state index contributed by atoms with van der Waals surface area (Å²) in [4.78, 5) is 39.1. The maximum absolute atomic E-state index is 12.1. The number of nitrogens with zero attached hydrogens (tertiary/aromatic N) is 3. The third-order valence-corrected chi connectivity index (χ3v) is 7.03. The van der Waals surface area contributed by atoms with Crippen LogP contribution >= 0.6 is 22.9 Å². The number of aromatic nitrogens is 3. The first-order chi connectivity index (χ1) is 15.8. The molecule has 1 aliphatic rings. The fourth-order valence-corrected chi connectivity index (χ4v) is 5.02. The third-order valence-electron chi connectivity index (χ3n) is 5.80. The minimum atomic E-state index is -0.891. The molecule has 0 aliphatic carbocycles. The van der Waals surface area contributed by atoms with Crippen molar-refractivity contribution in [3.63, 3.8) is 0 Å². The summed E-state index contributed by atoms with van der Waals surface area (Å²) in [5.41, 5.74) is 2.83. The predicted molar refractivity (Wildman–Crippen MR) is 130 cm³/mol. The van der Waals surface area contributed by atoms with Gasteiger partial charge in [-0.1, -0.05) is 23.7 Å². The van der Waals surface area contributed by atoms with Gasteiger partial charge in [-0.2, -0.15) is 0 Å². The smallest absolute Gasteiger partial charge is 0.325 e. The number of anilines is 1. The van der Waals surface area contributed by atoms with Crippen LogP contribution in [0.25, 0.3) is 32.6 Å². The van der Waals surface area contributed by atoms with Crippen LogP contribution in [0.3, 0.4) is 0 Å². The molecular formula is C23H21ClN6O2S. The second-order valence-electron chi connectivity index (χ2n) is 8.20. The number of urea groups is 1. The van der Waals surface area contributed by atoms with Crippen molar-refractivity contribution in [1.82, 2.24) is 25.2 Å². The number of thiophene rings is 1. The lowest BCUT2D eigenvalue weighted by Crippen LogP contribution is -2.46. The topological polar surface area (TPSA) is 103 Å². The molecule has 33 heavy (non-hydrogen) atoms. The monoisotopic (exact) mass is 480 g/mol. The van der Waals surface area contributed by atoms with Crippen molar-refractivity contribution in [2.24, 2.45) is 0 Å². The quantitative estimate of drug-likeness (QED) is 0.345. The van der Waals surface area contributed by atoms with Gasteiger partial charge in [0.25, 0.3) is 5.91 Å². The number of imide groups is 1. The van der Waals surface area contributed by atoms with Crippen LogP contribution in [0.15, 0.2) is 48.8 Å². The number of H-pyrrole nitrogens is 1. The number of halogens is 1. The molecule has 8 nitrogen and oxygen atoms in total. The maximum Gasteiger partial charge on any atom is 0.325 e. The number of amides is 3. The normalized spacial score (nSPS) is 15.3. The molecule has 3 aromatic heterocycles. The molecule has 0 saturated carbocycles. The van der Waals surface area contributed by atoms with Crippen molar-refractivity contribution in [3.05, 3.63) is 53.1 Å². The Morgan fingerprint density at radius 3 is 2.73 bits per heavy atom. The Morgan fingerprint density at radius 1 is 1.15 bits per heavy atom. The van der Waals surface area contributed by atoms with Gasteiger partial charge >= 0.3 is 6.03 Å². The average Bonchev–Trinajstić information content (AvgIpc) is 3.48. The standard InChI is InChI=1S/C23H21ClN6O2S/c1-23(2)20(31)29-22(32)30(23)11-10-26-21-27-12-15(19(28-21)17-6-7-18(24)33-17)13-4-3-5-16-14(13)8-9-25-16/h3-9,12,25H,10-11H2,1-2H3,(H,26,27,28)(H,29,31,32). The molecule has 4 aromatic rings. The van der Waals surface area contributed by atoms with E-state index in [1.807, 2.05) is 42.6 Å². The van der Waals surface area contributed by atoms with Gasteiger partial charge in [0.2, 0.25) is 5.95 Å². The Kier molecular flexibility index (Phi) is 5.30. The Balaban J connectivity index is 1.45. The molecule has 0 atom stereocenters. The minimum Gasteiger partial charge on any atom is -0.361 e. The second kappa shape index (κ2) is 8.17. The molecule has 1 aliphatic heterocycles. The van der Waals surface area contributed by atoms with Crippen LogP contribution in [-0.4, -0.2) is 50.4 Å².